The predicted octanol–water partition coefficient (Wildman–Crippen LogP) is 3.42. The first-order valence-corrected chi connectivity index (χ1v) is 7.83. The number of ether oxygens (including phenoxy) is 1. The van der Waals surface area contributed by atoms with Crippen molar-refractivity contribution in [3.8, 4) is 5.75 Å². The molecule has 2 aromatic carbocycles. The van der Waals surface area contributed by atoms with Crippen LogP contribution in [0.3, 0.4) is 0 Å². The molecule has 0 bridgehead atoms. The van der Waals surface area contributed by atoms with Crippen LogP contribution in [0.2, 0.25) is 0 Å². The molecular formula is C19H25ClN2O2. The molecule has 0 fully saturated rings. The number of methoxy groups -OCH3 is 1. The van der Waals surface area contributed by atoms with Crippen molar-refractivity contribution in [1.29, 1.82) is 0 Å². The third kappa shape index (κ3) is 5.25. The molecule has 2 aromatic rings. The van der Waals surface area contributed by atoms with Crippen molar-refractivity contribution in [3.05, 3.63) is 65.2 Å². The van der Waals surface area contributed by atoms with E-state index in [1.807, 2.05) is 54.3 Å². The van der Waals surface area contributed by atoms with Crippen molar-refractivity contribution in [2.75, 3.05) is 20.2 Å². The van der Waals surface area contributed by atoms with E-state index in [9.17, 15) is 4.79 Å². The maximum absolute atomic E-state index is 12.9. The minimum absolute atomic E-state index is 0. The molecule has 4 nitrogen and oxygen atoms in total. The van der Waals surface area contributed by atoms with Gasteiger partial charge in [-0.25, -0.2) is 0 Å². The number of amides is 1. The number of carbonyl (C=O) groups is 1. The van der Waals surface area contributed by atoms with Crippen LogP contribution in [0.25, 0.3) is 0 Å². The lowest BCUT2D eigenvalue weighted by molar-refractivity contribution is 0.0742. The predicted molar refractivity (Wildman–Crippen MR) is 99.8 cm³/mol. The van der Waals surface area contributed by atoms with Crippen LogP contribution < -0.4 is 10.5 Å². The molecule has 0 saturated carbocycles. The lowest BCUT2D eigenvalue weighted by Crippen LogP contribution is -2.32. The average Bonchev–Trinajstić information content (AvgIpc) is 2.59. The topological polar surface area (TPSA) is 55.6 Å². The zero-order valence-corrected chi connectivity index (χ0v) is 15.0. The third-order valence-electron chi connectivity index (χ3n) is 3.79. The Kier molecular flexibility index (Phi) is 8.30. The molecule has 0 aromatic heterocycles. The zero-order chi connectivity index (χ0) is 16.7. The van der Waals surface area contributed by atoms with E-state index in [-0.39, 0.29) is 18.3 Å². The van der Waals surface area contributed by atoms with Crippen LogP contribution in [-0.4, -0.2) is 31.0 Å². The van der Waals surface area contributed by atoms with Crippen molar-refractivity contribution in [1.82, 2.24) is 4.90 Å². The molecule has 0 aliphatic carbocycles. The molecule has 0 aliphatic rings. The fourth-order valence-corrected chi connectivity index (χ4v) is 2.47. The van der Waals surface area contributed by atoms with Gasteiger partial charge in [-0.15, -0.1) is 12.4 Å². The molecule has 2 rings (SSSR count). The van der Waals surface area contributed by atoms with Crippen molar-refractivity contribution >= 4 is 18.3 Å². The Morgan fingerprint density at radius 1 is 1.17 bits per heavy atom. The Labute approximate surface area is 150 Å². The van der Waals surface area contributed by atoms with Crippen LogP contribution in [0.5, 0.6) is 5.75 Å². The Morgan fingerprint density at radius 2 is 1.88 bits per heavy atom. The van der Waals surface area contributed by atoms with Crippen LogP contribution in [0.4, 0.5) is 0 Å². The molecule has 0 spiro atoms. The van der Waals surface area contributed by atoms with Crippen molar-refractivity contribution in [3.63, 3.8) is 0 Å². The summed E-state index contributed by atoms with van der Waals surface area (Å²) in [5, 5.41) is 0. The number of benzene rings is 2. The summed E-state index contributed by atoms with van der Waals surface area (Å²) in [5.74, 6) is 0.731. The molecular weight excluding hydrogens is 324 g/mol. The molecule has 0 unspecified atom stereocenters. The molecule has 130 valence electrons. The van der Waals surface area contributed by atoms with Gasteiger partial charge in [0.05, 0.1) is 7.11 Å². The summed E-state index contributed by atoms with van der Waals surface area (Å²) in [5.41, 5.74) is 8.38. The van der Waals surface area contributed by atoms with Gasteiger partial charge in [0.2, 0.25) is 0 Å². The number of rotatable bonds is 7. The molecule has 5 heteroatoms. The fourth-order valence-electron chi connectivity index (χ4n) is 2.47. The van der Waals surface area contributed by atoms with Gasteiger partial charge in [-0.3, -0.25) is 4.79 Å². The van der Waals surface area contributed by atoms with E-state index in [4.69, 9.17) is 10.5 Å². The van der Waals surface area contributed by atoms with E-state index in [1.165, 1.54) is 0 Å². The molecule has 0 aliphatic heterocycles. The second kappa shape index (κ2) is 9.96. The third-order valence-corrected chi connectivity index (χ3v) is 3.79. The second-order valence-electron chi connectivity index (χ2n) is 5.54. The highest BCUT2D eigenvalue weighted by Gasteiger charge is 2.17. The normalized spacial score (nSPS) is 9.96. The van der Waals surface area contributed by atoms with Crippen LogP contribution in [0.15, 0.2) is 48.5 Å². The number of nitrogens with zero attached hydrogens (tertiary/aromatic N) is 1. The average molecular weight is 349 g/mol. The number of carbonyl (C=O) groups excluding carboxylic acids is 1. The van der Waals surface area contributed by atoms with Gasteiger partial charge in [0.15, 0.2) is 0 Å². The van der Waals surface area contributed by atoms with Gasteiger partial charge < -0.3 is 15.4 Å². The standard InChI is InChI=1S/C19H24N2O2.ClH/c1-15-9-10-17(13-18(15)23-2)19(22)21(12-6-11-20)14-16-7-4-3-5-8-16;/h3-5,7-10,13H,6,11-12,14,20H2,1-2H3;1H. The van der Waals surface area contributed by atoms with Gasteiger partial charge in [0.25, 0.3) is 5.91 Å². The maximum atomic E-state index is 12.9. The Hall–Kier alpha value is -2.04. The van der Waals surface area contributed by atoms with Crippen LogP contribution in [0, 0.1) is 6.92 Å². The Morgan fingerprint density at radius 3 is 2.50 bits per heavy atom. The molecule has 24 heavy (non-hydrogen) atoms. The molecule has 0 atom stereocenters. The van der Waals surface area contributed by atoms with Crippen LogP contribution >= 0.6 is 12.4 Å². The molecule has 0 heterocycles. The fraction of sp³-hybridized carbons (Fsp3) is 0.316. The summed E-state index contributed by atoms with van der Waals surface area (Å²) in [7, 11) is 1.62. The van der Waals surface area contributed by atoms with Crippen LogP contribution in [0.1, 0.15) is 27.9 Å². The van der Waals surface area contributed by atoms with E-state index in [0.29, 0.717) is 25.2 Å². The first kappa shape index (κ1) is 20.0. The highest BCUT2D eigenvalue weighted by molar-refractivity contribution is 5.94. The van der Waals surface area contributed by atoms with Gasteiger partial charge in [-0.2, -0.15) is 0 Å². The first-order chi connectivity index (χ1) is 11.2. The number of aryl methyl sites for hydroxylation is 1. The summed E-state index contributed by atoms with van der Waals surface area (Å²) in [6.45, 7) is 3.75. The zero-order valence-electron chi connectivity index (χ0n) is 14.2. The Balaban J connectivity index is 0.00000288. The second-order valence-corrected chi connectivity index (χ2v) is 5.54. The summed E-state index contributed by atoms with van der Waals surface area (Å²) in [6, 6.07) is 15.6. The van der Waals surface area contributed by atoms with Gasteiger partial charge in [0, 0.05) is 18.7 Å². The summed E-state index contributed by atoms with van der Waals surface area (Å²) < 4.78 is 5.32. The van der Waals surface area contributed by atoms with E-state index >= 15 is 0 Å². The van der Waals surface area contributed by atoms with Crippen molar-refractivity contribution in [2.24, 2.45) is 5.73 Å². The highest BCUT2D eigenvalue weighted by atomic mass is 35.5. The van der Waals surface area contributed by atoms with Crippen LogP contribution in [-0.2, 0) is 6.54 Å². The monoisotopic (exact) mass is 348 g/mol. The van der Waals surface area contributed by atoms with Gasteiger partial charge in [-0.1, -0.05) is 36.4 Å². The van der Waals surface area contributed by atoms with Gasteiger partial charge >= 0.3 is 0 Å². The maximum Gasteiger partial charge on any atom is 0.254 e. The highest BCUT2D eigenvalue weighted by Crippen LogP contribution is 2.20. The van der Waals surface area contributed by atoms with Crippen molar-refractivity contribution < 1.29 is 9.53 Å². The van der Waals surface area contributed by atoms with Gasteiger partial charge in [-0.05, 0) is 43.1 Å². The number of hydrogen-bond donors (Lipinski definition) is 1. The first-order valence-electron chi connectivity index (χ1n) is 7.83. The lowest BCUT2D eigenvalue weighted by atomic mass is 10.1. The number of nitrogens with two attached hydrogens (primary N) is 1. The van der Waals surface area contributed by atoms with Crippen molar-refractivity contribution in [2.45, 2.75) is 19.9 Å². The number of hydrogen-bond acceptors (Lipinski definition) is 3. The molecule has 0 saturated heterocycles. The lowest BCUT2D eigenvalue weighted by Gasteiger charge is -2.23. The molecule has 1 amide bonds. The van der Waals surface area contributed by atoms with E-state index in [2.05, 4.69) is 0 Å². The number of halogens is 1. The summed E-state index contributed by atoms with van der Waals surface area (Å²) in [4.78, 5) is 14.7. The SMILES string of the molecule is COc1cc(C(=O)N(CCCN)Cc2ccccc2)ccc1C.Cl. The minimum Gasteiger partial charge on any atom is -0.496 e. The van der Waals surface area contributed by atoms with Gasteiger partial charge in [0.1, 0.15) is 5.75 Å². The quantitative estimate of drug-likeness (QED) is 0.834. The largest absolute Gasteiger partial charge is 0.496 e. The summed E-state index contributed by atoms with van der Waals surface area (Å²) in [6.07, 6.45) is 0.779. The molecule has 0 radical (unpaired) electrons. The van der Waals surface area contributed by atoms with E-state index in [0.717, 1.165) is 23.3 Å². The minimum atomic E-state index is 0. The smallest absolute Gasteiger partial charge is 0.254 e. The Bertz CT molecular complexity index is 647. The summed E-state index contributed by atoms with van der Waals surface area (Å²) >= 11 is 0. The molecule has 2 N–H and O–H groups in total. The van der Waals surface area contributed by atoms with E-state index in [1.54, 1.807) is 13.2 Å². The van der Waals surface area contributed by atoms with E-state index < -0.39 is 0 Å².